The summed E-state index contributed by atoms with van der Waals surface area (Å²) in [6, 6.07) is 6.32. The molecule has 0 saturated heterocycles. The topological polar surface area (TPSA) is 72.6 Å². The molecule has 19 heavy (non-hydrogen) atoms. The smallest absolute Gasteiger partial charge is 0.374 e. The number of aromatic nitrogens is 1. The van der Waals surface area contributed by atoms with Gasteiger partial charge in [0.2, 0.25) is 11.7 Å². The number of hydrogen-bond acceptors (Lipinski definition) is 4. The number of carboxylic acid groups (broad SMARTS) is 1. The van der Waals surface area contributed by atoms with Gasteiger partial charge < -0.3 is 14.3 Å². The molecule has 0 unspecified atom stereocenters. The minimum atomic E-state index is -3.02. The standard InChI is InChI=1S/C12H9F2NO4/c1-18-7-4-2-3-6(5-7)11-15-8(10(13)14)9(19-11)12(16)17/h2-5,10H,1H3,(H,16,17). The molecular formula is C12H9F2NO4. The molecule has 5 nitrogen and oxygen atoms in total. The molecule has 0 bridgehead atoms. The average Bonchev–Trinajstić information content (AvgIpc) is 2.84. The molecule has 2 aromatic rings. The molecular weight excluding hydrogens is 260 g/mol. The Morgan fingerprint density at radius 3 is 2.74 bits per heavy atom. The van der Waals surface area contributed by atoms with Gasteiger partial charge in [0, 0.05) is 5.56 Å². The number of aromatic carboxylic acids is 1. The Bertz CT molecular complexity index is 610. The zero-order valence-electron chi connectivity index (χ0n) is 9.76. The second-order valence-corrected chi connectivity index (χ2v) is 3.57. The Labute approximate surface area is 106 Å². The lowest BCUT2D eigenvalue weighted by Gasteiger charge is -2.00. The number of hydrogen-bond donors (Lipinski definition) is 1. The third kappa shape index (κ3) is 2.54. The van der Waals surface area contributed by atoms with E-state index in [0.29, 0.717) is 11.3 Å². The molecule has 0 saturated carbocycles. The third-order valence-electron chi connectivity index (χ3n) is 2.37. The molecule has 1 aromatic carbocycles. The van der Waals surface area contributed by atoms with Crippen LogP contribution in [0.5, 0.6) is 5.75 Å². The maximum absolute atomic E-state index is 12.7. The second-order valence-electron chi connectivity index (χ2n) is 3.57. The molecule has 2 rings (SSSR count). The summed E-state index contributed by atoms with van der Waals surface area (Å²) < 4.78 is 35.2. The second kappa shape index (κ2) is 5.05. The van der Waals surface area contributed by atoms with Crippen LogP contribution in [0.4, 0.5) is 8.78 Å². The zero-order chi connectivity index (χ0) is 14.0. The van der Waals surface area contributed by atoms with E-state index in [0.717, 1.165) is 0 Å². The zero-order valence-corrected chi connectivity index (χ0v) is 9.76. The fraction of sp³-hybridized carbons (Fsp3) is 0.167. The highest BCUT2D eigenvalue weighted by Gasteiger charge is 2.26. The number of nitrogens with zero attached hydrogens (tertiary/aromatic N) is 1. The van der Waals surface area contributed by atoms with Gasteiger partial charge >= 0.3 is 5.97 Å². The van der Waals surface area contributed by atoms with E-state index in [1.54, 1.807) is 18.2 Å². The lowest BCUT2D eigenvalue weighted by molar-refractivity contribution is 0.0647. The van der Waals surface area contributed by atoms with Crippen LogP contribution in [0.3, 0.4) is 0 Å². The minimum absolute atomic E-state index is 0.188. The summed E-state index contributed by atoms with van der Waals surface area (Å²) in [6.45, 7) is 0. The van der Waals surface area contributed by atoms with Crippen molar-refractivity contribution in [2.45, 2.75) is 6.43 Å². The lowest BCUT2D eigenvalue weighted by atomic mass is 10.2. The van der Waals surface area contributed by atoms with E-state index in [-0.39, 0.29) is 5.89 Å². The molecule has 1 aromatic heterocycles. The fourth-order valence-corrected chi connectivity index (χ4v) is 1.51. The Kier molecular flexibility index (Phi) is 3.46. The predicted octanol–water partition coefficient (Wildman–Crippen LogP) is 2.99. The summed E-state index contributed by atoms with van der Waals surface area (Å²) in [7, 11) is 1.45. The van der Waals surface area contributed by atoms with Crippen molar-refractivity contribution in [3.63, 3.8) is 0 Å². The first kappa shape index (κ1) is 13.0. The summed E-state index contributed by atoms with van der Waals surface area (Å²) in [5, 5.41) is 8.78. The molecule has 0 aliphatic heterocycles. The molecule has 0 fully saturated rings. The van der Waals surface area contributed by atoms with Crippen molar-refractivity contribution in [2.75, 3.05) is 7.11 Å². The molecule has 0 aliphatic rings. The Morgan fingerprint density at radius 1 is 1.47 bits per heavy atom. The van der Waals surface area contributed by atoms with Crippen LogP contribution in [-0.4, -0.2) is 23.2 Å². The quantitative estimate of drug-likeness (QED) is 0.923. The van der Waals surface area contributed by atoms with Crippen LogP contribution in [-0.2, 0) is 0 Å². The number of ether oxygens (including phenoxy) is 1. The van der Waals surface area contributed by atoms with Gasteiger partial charge in [-0.3, -0.25) is 0 Å². The molecule has 0 aliphatic carbocycles. The van der Waals surface area contributed by atoms with Gasteiger partial charge in [0.1, 0.15) is 5.75 Å². The van der Waals surface area contributed by atoms with E-state index < -0.39 is 23.8 Å². The number of alkyl halides is 2. The summed E-state index contributed by atoms with van der Waals surface area (Å²) in [5.74, 6) is -2.15. The first-order valence-corrected chi connectivity index (χ1v) is 5.19. The number of carbonyl (C=O) groups is 1. The van der Waals surface area contributed by atoms with E-state index in [4.69, 9.17) is 14.3 Å². The van der Waals surface area contributed by atoms with Crippen LogP contribution in [0.15, 0.2) is 28.7 Å². The van der Waals surface area contributed by atoms with Crippen molar-refractivity contribution in [3.05, 3.63) is 35.7 Å². The maximum atomic E-state index is 12.7. The van der Waals surface area contributed by atoms with Crippen LogP contribution in [0, 0.1) is 0 Å². The number of methoxy groups -OCH3 is 1. The Morgan fingerprint density at radius 2 is 2.21 bits per heavy atom. The van der Waals surface area contributed by atoms with Crippen molar-refractivity contribution >= 4 is 5.97 Å². The maximum Gasteiger partial charge on any atom is 0.374 e. The predicted molar refractivity (Wildman–Crippen MR) is 60.4 cm³/mol. The summed E-state index contributed by atoms with van der Waals surface area (Å²) in [4.78, 5) is 14.3. The van der Waals surface area contributed by atoms with E-state index in [2.05, 4.69) is 4.98 Å². The highest BCUT2D eigenvalue weighted by Crippen LogP contribution is 2.29. The highest BCUT2D eigenvalue weighted by atomic mass is 19.3. The normalized spacial score (nSPS) is 10.7. The van der Waals surface area contributed by atoms with Gasteiger partial charge in [-0.1, -0.05) is 6.07 Å². The van der Waals surface area contributed by atoms with Crippen LogP contribution >= 0.6 is 0 Å². The molecule has 7 heteroatoms. The van der Waals surface area contributed by atoms with Crippen molar-refractivity contribution in [3.8, 4) is 17.2 Å². The van der Waals surface area contributed by atoms with Crippen molar-refractivity contribution in [1.29, 1.82) is 0 Å². The van der Waals surface area contributed by atoms with Crippen molar-refractivity contribution in [1.82, 2.24) is 4.98 Å². The van der Waals surface area contributed by atoms with Gasteiger partial charge in [-0.2, -0.15) is 0 Å². The molecule has 1 heterocycles. The number of oxazole rings is 1. The van der Waals surface area contributed by atoms with E-state index >= 15 is 0 Å². The minimum Gasteiger partial charge on any atom is -0.497 e. The van der Waals surface area contributed by atoms with Gasteiger partial charge in [0.05, 0.1) is 7.11 Å². The van der Waals surface area contributed by atoms with Crippen LogP contribution < -0.4 is 4.74 Å². The van der Waals surface area contributed by atoms with Gasteiger partial charge in [0.15, 0.2) is 5.69 Å². The third-order valence-corrected chi connectivity index (χ3v) is 2.37. The van der Waals surface area contributed by atoms with Gasteiger partial charge in [0.25, 0.3) is 6.43 Å². The van der Waals surface area contributed by atoms with E-state index in [1.807, 2.05) is 0 Å². The summed E-state index contributed by atoms with van der Waals surface area (Å²) in [5.41, 5.74) is -0.529. The van der Waals surface area contributed by atoms with Crippen molar-refractivity contribution < 1.29 is 27.8 Å². The van der Waals surface area contributed by atoms with Crippen LogP contribution in [0.1, 0.15) is 22.7 Å². The molecule has 0 amide bonds. The average molecular weight is 269 g/mol. The molecule has 0 atom stereocenters. The van der Waals surface area contributed by atoms with Crippen molar-refractivity contribution in [2.24, 2.45) is 0 Å². The molecule has 0 radical (unpaired) electrons. The van der Waals surface area contributed by atoms with Gasteiger partial charge in [-0.05, 0) is 18.2 Å². The Hall–Kier alpha value is -2.44. The first-order valence-electron chi connectivity index (χ1n) is 5.19. The summed E-state index contributed by atoms with van der Waals surface area (Å²) >= 11 is 0. The van der Waals surface area contributed by atoms with E-state index in [1.165, 1.54) is 13.2 Å². The van der Waals surface area contributed by atoms with Crippen LogP contribution in [0.25, 0.3) is 11.5 Å². The summed E-state index contributed by atoms with van der Waals surface area (Å²) in [6.07, 6.45) is -3.02. The number of carboxylic acids is 1. The molecule has 1 N–H and O–H groups in total. The molecule has 100 valence electrons. The molecule has 0 spiro atoms. The fourth-order valence-electron chi connectivity index (χ4n) is 1.51. The number of halogens is 2. The lowest BCUT2D eigenvalue weighted by Crippen LogP contribution is -1.99. The highest BCUT2D eigenvalue weighted by molar-refractivity contribution is 5.86. The number of rotatable bonds is 4. The Balaban J connectivity index is 2.50. The number of benzene rings is 1. The van der Waals surface area contributed by atoms with Gasteiger partial charge in [-0.15, -0.1) is 0 Å². The van der Waals surface area contributed by atoms with Gasteiger partial charge in [-0.25, -0.2) is 18.6 Å². The monoisotopic (exact) mass is 269 g/mol. The van der Waals surface area contributed by atoms with E-state index in [9.17, 15) is 13.6 Å². The van der Waals surface area contributed by atoms with Crippen LogP contribution in [0.2, 0.25) is 0 Å². The first-order chi connectivity index (χ1) is 9.02. The largest absolute Gasteiger partial charge is 0.497 e. The SMILES string of the molecule is COc1cccc(-c2nc(C(F)F)c(C(=O)O)o2)c1.